The average Bonchev–Trinajstić information content (AvgIpc) is 3.23. The quantitative estimate of drug-likeness (QED) is 0.835. The van der Waals surface area contributed by atoms with Crippen LogP contribution >= 0.6 is 11.3 Å². The number of rotatable bonds is 7. The van der Waals surface area contributed by atoms with Crippen LogP contribution in [0.3, 0.4) is 0 Å². The van der Waals surface area contributed by atoms with Gasteiger partial charge in [-0.15, -0.1) is 11.3 Å². The minimum atomic E-state index is 1.02. The molecule has 21 heavy (non-hydrogen) atoms. The van der Waals surface area contributed by atoms with Crippen LogP contribution in [0.1, 0.15) is 35.1 Å². The van der Waals surface area contributed by atoms with Crippen LogP contribution in [0.4, 0.5) is 0 Å². The zero-order valence-corrected chi connectivity index (χ0v) is 14.3. The van der Waals surface area contributed by atoms with Crippen molar-refractivity contribution in [1.29, 1.82) is 0 Å². The van der Waals surface area contributed by atoms with Gasteiger partial charge < -0.3 is 10.2 Å². The molecule has 2 fully saturated rings. The zero-order chi connectivity index (χ0) is 14.7. The summed E-state index contributed by atoms with van der Waals surface area (Å²) >= 11 is 1.96. The van der Waals surface area contributed by atoms with E-state index in [4.69, 9.17) is 0 Å². The van der Waals surface area contributed by atoms with Crippen LogP contribution < -0.4 is 5.32 Å². The van der Waals surface area contributed by atoms with Gasteiger partial charge in [-0.25, -0.2) is 0 Å². The molecule has 3 rings (SSSR count). The highest BCUT2D eigenvalue weighted by Gasteiger charge is 2.26. The number of nitrogens with one attached hydrogen (secondary N) is 1. The second-order valence-corrected chi connectivity index (χ2v) is 7.94. The molecule has 0 radical (unpaired) electrons. The molecule has 2 heterocycles. The predicted octanol–water partition coefficient (Wildman–Crippen LogP) is 2.69. The summed E-state index contributed by atoms with van der Waals surface area (Å²) < 4.78 is 0. The predicted molar refractivity (Wildman–Crippen MR) is 90.9 cm³/mol. The maximum absolute atomic E-state index is 3.43. The number of hydrogen-bond acceptors (Lipinski definition) is 4. The van der Waals surface area contributed by atoms with E-state index in [1.165, 1.54) is 55.3 Å². The van der Waals surface area contributed by atoms with Gasteiger partial charge in [-0.1, -0.05) is 6.92 Å². The first kappa shape index (κ1) is 15.5. The lowest BCUT2D eigenvalue weighted by molar-refractivity contribution is 0.123. The Labute approximate surface area is 133 Å². The van der Waals surface area contributed by atoms with Gasteiger partial charge in [0.1, 0.15) is 0 Å². The van der Waals surface area contributed by atoms with Crippen LogP contribution in [-0.4, -0.2) is 49.1 Å². The fourth-order valence-electron chi connectivity index (χ4n) is 3.12. The SMILES string of the molecule is CCNCc1cc(CN2CCN(CC3CC3)CC2)c(C)s1. The van der Waals surface area contributed by atoms with Crippen molar-refractivity contribution >= 4 is 11.3 Å². The van der Waals surface area contributed by atoms with Crippen LogP contribution in [0, 0.1) is 12.8 Å². The fourth-order valence-corrected chi connectivity index (χ4v) is 4.14. The Kier molecular flexibility index (Phi) is 5.33. The van der Waals surface area contributed by atoms with E-state index in [-0.39, 0.29) is 0 Å². The molecule has 1 saturated heterocycles. The number of piperazine rings is 1. The minimum Gasteiger partial charge on any atom is -0.312 e. The van der Waals surface area contributed by atoms with Crippen LogP contribution in [0.15, 0.2) is 6.07 Å². The van der Waals surface area contributed by atoms with E-state index in [2.05, 4.69) is 35.0 Å². The molecule has 0 unspecified atom stereocenters. The topological polar surface area (TPSA) is 18.5 Å². The molecular weight excluding hydrogens is 278 g/mol. The lowest BCUT2D eigenvalue weighted by Crippen LogP contribution is -2.46. The first-order valence-corrected chi connectivity index (χ1v) is 9.30. The van der Waals surface area contributed by atoms with Crippen molar-refractivity contribution in [2.45, 2.75) is 39.8 Å². The highest BCUT2D eigenvalue weighted by Crippen LogP contribution is 2.30. The third-order valence-corrected chi connectivity index (χ3v) is 5.79. The van der Waals surface area contributed by atoms with Gasteiger partial charge in [0.25, 0.3) is 0 Å². The highest BCUT2D eigenvalue weighted by molar-refractivity contribution is 7.12. The van der Waals surface area contributed by atoms with Crippen LogP contribution in [0.2, 0.25) is 0 Å². The molecule has 0 aromatic carbocycles. The van der Waals surface area contributed by atoms with Crippen molar-refractivity contribution in [2.75, 3.05) is 39.3 Å². The van der Waals surface area contributed by atoms with Gasteiger partial charge >= 0.3 is 0 Å². The van der Waals surface area contributed by atoms with E-state index in [0.717, 1.165) is 25.6 Å². The van der Waals surface area contributed by atoms with Gasteiger partial charge in [-0.3, -0.25) is 4.90 Å². The summed E-state index contributed by atoms with van der Waals surface area (Å²) in [6.45, 7) is 14.0. The van der Waals surface area contributed by atoms with Crippen molar-refractivity contribution in [1.82, 2.24) is 15.1 Å². The third-order valence-electron chi connectivity index (χ3n) is 4.69. The summed E-state index contributed by atoms with van der Waals surface area (Å²) in [6, 6.07) is 2.42. The van der Waals surface area contributed by atoms with E-state index >= 15 is 0 Å². The van der Waals surface area contributed by atoms with Gasteiger partial charge in [-0.05, 0) is 43.9 Å². The smallest absolute Gasteiger partial charge is 0.0299 e. The summed E-state index contributed by atoms with van der Waals surface area (Å²) in [6.07, 6.45) is 2.95. The maximum Gasteiger partial charge on any atom is 0.0299 e. The summed E-state index contributed by atoms with van der Waals surface area (Å²) in [7, 11) is 0. The summed E-state index contributed by atoms with van der Waals surface area (Å²) in [4.78, 5) is 8.29. The molecule has 1 aromatic heterocycles. The molecule has 0 spiro atoms. The Morgan fingerprint density at radius 2 is 1.90 bits per heavy atom. The molecule has 0 atom stereocenters. The lowest BCUT2D eigenvalue weighted by Gasteiger charge is -2.34. The normalized spacial score (nSPS) is 21.0. The third kappa shape index (κ3) is 4.52. The highest BCUT2D eigenvalue weighted by atomic mass is 32.1. The number of nitrogens with zero attached hydrogens (tertiary/aromatic N) is 2. The van der Waals surface area contributed by atoms with Gasteiger partial charge in [0, 0.05) is 55.6 Å². The largest absolute Gasteiger partial charge is 0.312 e. The molecule has 4 heteroatoms. The summed E-state index contributed by atoms with van der Waals surface area (Å²) in [5, 5.41) is 3.43. The van der Waals surface area contributed by atoms with Crippen molar-refractivity contribution < 1.29 is 0 Å². The van der Waals surface area contributed by atoms with Crippen molar-refractivity contribution in [3.05, 3.63) is 21.4 Å². The van der Waals surface area contributed by atoms with Gasteiger partial charge in [-0.2, -0.15) is 0 Å². The molecule has 1 aromatic rings. The van der Waals surface area contributed by atoms with Crippen molar-refractivity contribution in [3.63, 3.8) is 0 Å². The van der Waals surface area contributed by atoms with E-state index in [1.807, 2.05) is 11.3 Å². The monoisotopic (exact) mass is 307 g/mol. The number of aryl methyl sites for hydroxylation is 1. The zero-order valence-electron chi connectivity index (χ0n) is 13.5. The number of thiophene rings is 1. The second-order valence-electron chi connectivity index (χ2n) is 6.59. The summed E-state index contributed by atoms with van der Waals surface area (Å²) in [5.74, 6) is 1.03. The Hall–Kier alpha value is -0.420. The standard InChI is InChI=1S/C17H29N3S/c1-3-18-11-17-10-16(14(2)21-17)13-20-8-6-19(7-9-20)12-15-4-5-15/h10,15,18H,3-9,11-13H2,1-2H3. The molecule has 1 saturated carbocycles. The lowest BCUT2D eigenvalue weighted by atomic mass is 10.2. The molecular formula is C17H29N3S. The number of hydrogen-bond donors (Lipinski definition) is 1. The van der Waals surface area contributed by atoms with Gasteiger partial charge in [0.2, 0.25) is 0 Å². The van der Waals surface area contributed by atoms with E-state index in [1.54, 1.807) is 5.56 Å². The van der Waals surface area contributed by atoms with E-state index < -0.39 is 0 Å². The Morgan fingerprint density at radius 3 is 2.57 bits per heavy atom. The Morgan fingerprint density at radius 1 is 1.19 bits per heavy atom. The van der Waals surface area contributed by atoms with Crippen LogP contribution in [-0.2, 0) is 13.1 Å². The molecule has 0 amide bonds. The fraction of sp³-hybridized carbons (Fsp3) is 0.765. The second kappa shape index (κ2) is 7.23. The van der Waals surface area contributed by atoms with Gasteiger partial charge in [0.05, 0.1) is 0 Å². The minimum absolute atomic E-state index is 1.02. The Balaban J connectivity index is 1.46. The van der Waals surface area contributed by atoms with Crippen molar-refractivity contribution in [3.8, 4) is 0 Å². The molecule has 1 N–H and O–H groups in total. The van der Waals surface area contributed by atoms with Crippen LogP contribution in [0.5, 0.6) is 0 Å². The first-order chi connectivity index (χ1) is 10.2. The average molecular weight is 308 g/mol. The molecule has 0 bridgehead atoms. The van der Waals surface area contributed by atoms with Gasteiger partial charge in [0.15, 0.2) is 0 Å². The summed E-state index contributed by atoms with van der Waals surface area (Å²) in [5.41, 5.74) is 1.54. The molecule has 3 nitrogen and oxygen atoms in total. The van der Waals surface area contributed by atoms with Crippen molar-refractivity contribution in [2.24, 2.45) is 5.92 Å². The Bertz CT molecular complexity index is 445. The molecule has 2 aliphatic rings. The maximum atomic E-state index is 3.43. The molecule has 118 valence electrons. The van der Waals surface area contributed by atoms with E-state index in [0.29, 0.717) is 0 Å². The molecule has 1 aliphatic carbocycles. The molecule has 1 aliphatic heterocycles. The van der Waals surface area contributed by atoms with E-state index in [9.17, 15) is 0 Å². The van der Waals surface area contributed by atoms with Crippen LogP contribution in [0.25, 0.3) is 0 Å². The first-order valence-electron chi connectivity index (χ1n) is 8.48.